The van der Waals surface area contributed by atoms with Crippen LogP contribution in [0.25, 0.3) is 21.9 Å². The van der Waals surface area contributed by atoms with E-state index in [2.05, 4.69) is 15.0 Å². The standard InChI is InChI=1S/C13H10N4/c14-13-16-7-10(8-17-13)11-3-1-2-9-6-15-5-4-12(9)11/h1-8H,(H2,14,16,17). The van der Waals surface area contributed by atoms with Crippen LogP contribution in [0.2, 0.25) is 0 Å². The molecule has 0 aliphatic heterocycles. The van der Waals surface area contributed by atoms with Crippen LogP contribution in [0.5, 0.6) is 0 Å². The molecule has 0 saturated heterocycles. The second-order valence-corrected chi connectivity index (χ2v) is 3.73. The van der Waals surface area contributed by atoms with Crippen molar-refractivity contribution in [3.05, 3.63) is 49.1 Å². The van der Waals surface area contributed by atoms with Crippen LogP contribution in [0, 0.1) is 0 Å². The molecule has 0 aliphatic carbocycles. The molecule has 0 unspecified atom stereocenters. The number of nitrogens with two attached hydrogens (primary N) is 1. The van der Waals surface area contributed by atoms with Gasteiger partial charge in [0.15, 0.2) is 0 Å². The van der Waals surface area contributed by atoms with Gasteiger partial charge in [0.1, 0.15) is 0 Å². The molecule has 0 radical (unpaired) electrons. The fraction of sp³-hybridized carbons (Fsp3) is 0. The van der Waals surface area contributed by atoms with Crippen LogP contribution in [0.4, 0.5) is 5.95 Å². The number of aromatic nitrogens is 3. The zero-order chi connectivity index (χ0) is 11.7. The maximum Gasteiger partial charge on any atom is 0.219 e. The van der Waals surface area contributed by atoms with Gasteiger partial charge in [-0.1, -0.05) is 18.2 Å². The summed E-state index contributed by atoms with van der Waals surface area (Å²) in [6.07, 6.45) is 7.09. The summed E-state index contributed by atoms with van der Waals surface area (Å²) in [5, 5.41) is 2.23. The van der Waals surface area contributed by atoms with Gasteiger partial charge in [-0.15, -0.1) is 0 Å². The van der Waals surface area contributed by atoms with Gasteiger partial charge in [0, 0.05) is 35.7 Å². The average Bonchev–Trinajstić information content (AvgIpc) is 2.39. The van der Waals surface area contributed by atoms with Gasteiger partial charge in [0.2, 0.25) is 5.95 Å². The lowest BCUT2D eigenvalue weighted by Gasteiger charge is -2.05. The Hall–Kier alpha value is -2.49. The molecule has 0 amide bonds. The van der Waals surface area contributed by atoms with Crippen LogP contribution >= 0.6 is 0 Å². The highest BCUT2D eigenvalue weighted by molar-refractivity contribution is 5.95. The van der Waals surface area contributed by atoms with Crippen LogP contribution in [0.1, 0.15) is 0 Å². The lowest BCUT2D eigenvalue weighted by Crippen LogP contribution is -1.93. The van der Waals surface area contributed by atoms with E-state index in [4.69, 9.17) is 5.73 Å². The summed E-state index contributed by atoms with van der Waals surface area (Å²) in [6, 6.07) is 8.05. The molecule has 3 aromatic rings. The van der Waals surface area contributed by atoms with Crippen LogP contribution in [-0.4, -0.2) is 15.0 Å². The van der Waals surface area contributed by atoms with Crippen LogP contribution in [0.15, 0.2) is 49.1 Å². The van der Waals surface area contributed by atoms with Crippen molar-refractivity contribution < 1.29 is 0 Å². The Morgan fingerprint density at radius 3 is 2.59 bits per heavy atom. The number of rotatable bonds is 1. The van der Waals surface area contributed by atoms with E-state index in [0.717, 1.165) is 21.9 Å². The van der Waals surface area contributed by atoms with Crippen LogP contribution in [0.3, 0.4) is 0 Å². The summed E-state index contributed by atoms with van der Waals surface area (Å²) in [5.74, 6) is 0.288. The molecular weight excluding hydrogens is 212 g/mol. The number of anilines is 1. The van der Waals surface area contributed by atoms with E-state index in [1.165, 1.54) is 0 Å². The van der Waals surface area contributed by atoms with Crippen molar-refractivity contribution in [2.45, 2.75) is 0 Å². The van der Waals surface area contributed by atoms with Gasteiger partial charge in [-0.2, -0.15) is 0 Å². The third-order valence-corrected chi connectivity index (χ3v) is 2.66. The topological polar surface area (TPSA) is 64.7 Å². The number of benzene rings is 1. The molecule has 82 valence electrons. The molecule has 2 aromatic heterocycles. The molecule has 3 rings (SSSR count). The second kappa shape index (κ2) is 3.83. The first-order chi connectivity index (χ1) is 8.34. The van der Waals surface area contributed by atoms with E-state index in [-0.39, 0.29) is 5.95 Å². The maximum atomic E-state index is 5.49. The molecule has 0 spiro atoms. The fourth-order valence-electron chi connectivity index (χ4n) is 1.85. The van der Waals surface area contributed by atoms with E-state index in [1.54, 1.807) is 18.6 Å². The average molecular weight is 222 g/mol. The third-order valence-electron chi connectivity index (χ3n) is 2.66. The fourth-order valence-corrected chi connectivity index (χ4v) is 1.85. The highest BCUT2D eigenvalue weighted by atomic mass is 15.0. The molecule has 0 fully saturated rings. The van der Waals surface area contributed by atoms with Gasteiger partial charge in [-0.05, 0) is 17.0 Å². The van der Waals surface area contributed by atoms with Crippen molar-refractivity contribution in [3.8, 4) is 11.1 Å². The zero-order valence-electron chi connectivity index (χ0n) is 9.04. The molecule has 4 nitrogen and oxygen atoms in total. The summed E-state index contributed by atoms with van der Waals surface area (Å²) in [4.78, 5) is 12.1. The molecule has 2 N–H and O–H groups in total. The Kier molecular flexibility index (Phi) is 2.19. The Balaban J connectivity index is 2.27. The minimum atomic E-state index is 0.288. The van der Waals surface area contributed by atoms with Crippen molar-refractivity contribution in [1.82, 2.24) is 15.0 Å². The van der Waals surface area contributed by atoms with Gasteiger partial charge in [0.25, 0.3) is 0 Å². The number of fused-ring (bicyclic) bond motifs is 1. The van der Waals surface area contributed by atoms with E-state index < -0.39 is 0 Å². The molecule has 1 aromatic carbocycles. The summed E-state index contributed by atoms with van der Waals surface area (Å²) in [7, 11) is 0. The molecule has 0 aliphatic rings. The summed E-state index contributed by atoms with van der Waals surface area (Å²) in [6.45, 7) is 0. The smallest absolute Gasteiger partial charge is 0.219 e. The number of pyridine rings is 1. The normalized spacial score (nSPS) is 10.6. The van der Waals surface area contributed by atoms with Gasteiger partial charge in [-0.25, -0.2) is 9.97 Å². The van der Waals surface area contributed by atoms with Crippen molar-refractivity contribution in [2.24, 2.45) is 0 Å². The maximum absolute atomic E-state index is 5.49. The van der Waals surface area contributed by atoms with Crippen molar-refractivity contribution >= 4 is 16.7 Å². The number of hydrogen-bond acceptors (Lipinski definition) is 4. The molecule has 0 saturated carbocycles. The number of nitrogens with zero attached hydrogens (tertiary/aromatic N) is 3. The molecule has 0 atom stereocenters. The Labute approximate surface area is 98.2 Å². The lowest BCUT2D eigenvalue weighted by molar-refractivity contribution is 1.19. The van der Waals surface area contributed by atoms with Crippen molar-refractivity contribution in [2.75, 3.05) is 5.73 Å². The second-order valence-electron chi connectivity index (χ2n) is 3.73. The minimum Gasteiger partial charge on any atom is -0.368 e. The first-order valence-corrected chi connectivity index (χ1v) is 5.25. The van der Waals surface area contributed by atoms with Gasteiger partial charge < -0.3 is 5.73 Å². The molecule has 4 heteroatoms. The Morgan fingerprint density at radius 1 is 0.941 bits per heavy atom. The largest absolute Gasteiger partial charge is 0.368 e. The van der Waals surface area contributed by atoms with Crippen LogP contribution < -0.4 is 5.73 Å². The first kappa shape index (κ1) is 9.72. The quantitative estimate of drug-likeness (QED) is 0.686. The summed E-state index contributed by atoms with van der Waals surface area (Å²) in [5.41, 5.74) is 7.53. The summed E-state index contributed by atoms with van der Waals surface area (Å²) < 4.78 is 0. The Bertz CT molecular complexity index is 656. The Morgan fingerprint density at radius 2 is 1.76 bits per heavy atom. The van der Waals surface area contributed by atoms with Gasteiger partial charge in [-0.3, -0.25) is 4.98 Å². The van der Waals surface area contributed by atoms with E-state index >= 15 is 0 Å². The first-order valence-electron chi connectivity index (χ1n) is 5.25. The third kappa shape index (κ3) is 1.69. The highest BCUT2D eigenvalue weighted by Crippen LogP contribution is 2.26. The monoisotopic (exact) mass is 222 g/mol. The molecule has 0 bridgehead atoms. The van der Waals surface area contributed by atoms with Gasteiger partial charge in [0.05, 0.1) is 0 Å². The van der Waals surface area contributed by atoms with Crippen LogP contribution in [-0.2, 0) is 0 Å². The highest BCUT2D eigenvalue weighted by Gasteiger charge is 2.03. The molecule has 17 heavy (non-hydrogen) atoms. The predicted molar refractivity (Wildman–Crippen MR) is 67.2 cm³/mol. The van der Waals surface area contributed by atoms with E-state index in [9.17, 15) is 0 Å². The summed E-state index contributed by atoms with van der Waals surface area (Å²) >= 11 is 0. The number of hydrogen-bond donors (Lipinski definition) is 1. The number of nitrogen functional groups attached to an aromatic ring is 1. The van der Waals surface area contributed by atoms with Gasteiger partial charge >= 0.3 is 0 Å². The lowest BCUT2D eigenvalue weighted by atomic mass is 10.0. The molecular formula is C13H10N4. The predicted octanol–water partition coefficient (Wildman–Crippen LogP) is 2.27. The molecule has 2 heterocycles. The van der Waals surface area contributed by atoms with E-state index in [1.807, 2.05) is 30.5 Å². The SMILES string of the molecule is Nc1ncc(-c2cccc3cnccc23)cn1. The van der Waals surface area contributed by atoms with E-state index in [0.29, 0.717) is 0 Å². The van der Waals surface area contributed by atoms with Crippen molar-refractivity contribution in [3.63, 3.8) is 0 Å². The minimum absolute atomic E-state index is 0.288. The van der Waals surface area contributed by atoms with Crippen molar-refractivity contribution in [1.29, 1.82) is 0 Å². The zero-order valence-corrected chi connectivity index (χ0v) is 9.04.